The van der Waals surface area contributed by atoms with Gasteiger partial charge in [0.05, 0.1) is 5.54 Å². The van der Waals surface area contributed by atoms with E-state index in [1.54, 1.807) is 38.8 Å². The third-order valence-corrected chi connectivity index (χ3v) is 28.5. The highest BCUT2D eigenvalue weighted by Gasteiger charge is 2.62. The van der Waals surface area contributed by atoms with Gasteiger partial charge in [0.1, 0.15) is 0 Å². The Kier molecular flexibility index (Phi) is 10.7. The molecule has 89 heavy (non-hydrogen) atoms. The summed E-state index contributed by atoms with van der Waals surface area (Å²) in [5.74, 6) is 0. The van der Waals surface area contributed by atoms with Crippen molar-refractivity contribution in [3.05, 3.63) is 180 Å². The molecule has 0 N–H and O–H groups in total. The Morgan fingerprint density at radius 2 is 0.787 bits per heavy atom. The van der Waals surface area contributed by atoms with Crippen LogP contribution in [0, 0.1) is 0 Å². The molecule has 0 spiro atoms. The maximum absolute atomic E-state index is 2.98. The van der Waals surface area contributed by atoms with Crippen molar-refractivity contribution in [1.82, 2.24) is 0 Å². The summed E-state index contributed by atoms with van der Waals surface area (Å²) in [5.41, 5.74) is 36.3. The molecule has 3 atom stereocenters. The molecule has 0 saturated heterocycles. The van der Waals surface area contributed by atoms with E-state index in [9.17, 15) is 0 Å². The Bertz CT molecular complexity index is 4330. The van der Waals surface area contributed by atoms with Crippen molar-refractivity contribution >= 4 is 57.5 Å². The van der Waals surface area contributed by atoms with Crippen LogP contribution in [0.3, 0.4) is 0 Å². The van der Waals surface area contributed by atoms with Crippen LogP contribution < -0.4 is 20.2 Å². The lowest BCUT2D eigenvalue weighted by molar-refractivity contribution is 0.195. The molecule has 460 valence electrons. The fourth-order valence-electron chi connectivity index (χ4n) is 22.0. The molecule has 4 heteroatoms. The highest BCUT2D eigenvalue weighted by molar-refractivity contribution is 6.99. The zero-order chi connectivity index (χ0) is 62.8. The number of hydrogen-bond donors (Lipinski definition) is 0. The van der Waals surface area contributed by atoms with Gasteiger partial charge in [0.15, 0.2) is 0 Å². The Balaban J connectivity index is 1.08. The van der Waals surface area contributed by atoms with E-state index in [4.69, 9.17) is 0 Å². The van der Waals surface area contributed by atoms with E-state index in [-0.39, 0.29) is 71.8 Å². The minimum Gasteiger partial charge on any atom is -0.334 e. The standard InChI is InChI=1S/C85H102BN3/c1-74(2)32-33-76(5,6)60-41-50(25-28-55(60)74)87-67-43-52-44-68-70(67)86(72-71(87)54-46-62-64(48-59(54)81(72,15)16)80(13,14)37-35-78(62,9)10)69-53-45-61-63(79(11,12)36-34-77(61,7)8)47-58(53)82(17,18)73(69)88(68)51-26-29-56-65(42-51)83(19,39-38-75(56,3)4)49-24-27-57-66(40-49)89(52)85(21)31-23-22-30-84(57,85)20/h24-29,40-48H,22-23,30-39H2,1-21H3. The zero-order valence-corrected chi connectivity index (χ0v) is 58.6. The second-order valence-corrected chi connectivity index (χ2v) is 37.5. The molecule has 6 bridgehead atoms. The van der Waals surface area contributed by atoms with Crippen molar-refractivity contribution in [2.75, 3.05) is 14.7 Å². The maximum atomic E-state index is 2.98. The van der Waals surface area contributed by atoms with E-state index in [1.165, 1.54) is 159 Å². The van der Waals surface area contributed by atoms with E-state index < -0.39 is 0 Å². The number of nitrogens with zero attached hydrogens (tertiary/aromatic N) is 3. The van der Waals surface area contributed by atoms with Gasteiger partial charge in [-0.25, -0.2) is 0 Å². The molecule has 3 nitrogen and oxygen atoms in total. The first-order chi connectivity index (χ1) is 41.4. The monoisotopic (exact) mass is 1180 g/mol. The highest BCUT2D eigenvalue weighted by Crippen LogP contribution is 2.68. The number of fused-ring (bicyclic) bond motifs is 19. The first kappa shape index (κ1) is 57.2. The molecule has 6 aromatic rings. The third-order valence-electron chi connectivity index (χ3n) is 28.5. The first-order valence-electron chi connectivity index (χ1n) is 35.3. The summed E-state index contributed by atoms with van der Waals surface area (Å²) in [5, 5.41) is 0. The van der Waals surface area contributed by atoms with Crippen LogP contribution in [0.2, 0.25) is 0 Å². The molecule has 0 radical (unpaired) electrons. The molecular formula is C85H102BN3. The Labute approximate surface area is 536 Å². The Morgan fingerprint density at radius 3 is 1.37 bits per heavy atom. The minimum absolute atomic E-state index is 0.0129. The molecule has 1 fully saturated rings. The summed E-state index contributed by atoms with van der Waals surface area (Å²) in [6, 6.07) is 40.5. The van der Waals surface area contributed by atoms with Gasteiger partial charge in [0, 0.05) is 72.7 Å². The smallest absolute Gasteiger partial charge is 0.249 e. The van der Waals surface area contributed by atoms with Crippen LogP contribution in [-0.4, -0.2) is 12.3 Å². The third kappa shape index (κ3) is 6.89. The van der Waals surface area contributed by atoms with Crippen LogP contribution in [0.15, 0.2) is 102 Å². The molecule has 0 aromatic heterocycles. The average Bonchev–Trinajstić information content (AvgIpc) is 1.53. The molecule has 17 rings (SSSR count). The Morgan fingerprint density at radius 1 is 0.337 bits per heavy atom. The van der Waals surface area contributed by atoms with Crippen LogP contribution in [0.5, 0.6) is 0 Å². The lowest BCUT2D eigenvalue weighted by atomic mass is 9.29. The van der Waals surface area contributed by atoms with E-state index in [2.05, 4.69) is 251 Å². The predicted molar refractivity (Wildman–Crippen MR) is 379 cm³/mol. The van der Waals surface area contributed by atoms with Gasteiger partial charge in [-0.15, -0.1) is 0 Å². The lowest BCUT2D eigenvalue weighted by Gasteiger charge is -2.52. The number of benzene rings is 6. The quantitative estimate of drug-likeness (QED) is 0.152. The second kappa shape index (κ2) is 16.7. The molecule has 7 aliphatic carbocycles. The van der Waals surface area contributed by atoms with Gasteiger partial charge in [-0.1, -0.05) is 199 Å². The fourth-order valence-corrected chi connectivity index (χ4v) is 22.0. The average molecular weight is 1180 g/mol. The second-order valence-electron chi connectivity index (χ2n) is 37.5. The zero-order valence-electron chi connectivity index (χ0n) is 58.6. The summed E-state index contributed by atoms with van der Waals surface area (Å²) < 4.78 is 0. The van der Waals surface area contributed by atoms with Gasteiger partial charge in [-0.3, -0.25) is 0 Å². The van der Waals surface area contributed by atoms with Crippen molar-refractivity contribution in [3.8, 4) is 0 Å². The maximum Gasteiger partial charge on any atom is 0.249 e. The molecule has 1 saturated carbocycles. The van der Waals surface area contributed by atoms with Crippen LogP contribution in [0.4, 0.5) is 34.1 Å². The lowest BCUT2D eigenvalue weighted by Crippen LogP contribution is -2.55. The molecular weight excluding hydrogens is 1070 g/mol. The van der Waals surface area contributed by atoms with Crippen LogP contribution >= 0.6 is 0 Å². The molecule has 3 unspecified atom stereocenters. The van der Waals surface area contributed by atoms with Crippen molar-refractivity contribution in [2.45, 2.75) is 288 Å². The van der Waals surface area contributed by atoms with Crippen LogP contribution in [0.1, 0.15) is 300 Å². The SMILES string of the molecule is CC1(C)CCC(C)(C)c2cc(N3C4=C(B5C6=C(N7c8ccc9c(c8)C(C)(CCC9(C)C)c8ccc9c(c8)N(c8cc3c5c7c8)C3(C)CCCCC93C)C(C)(C)c3cc5c(cc36)C(C)(C)CCC5(C)C)C(C)(C)c3cc5c(cc34)C(C)(C)CCC5(C)C)ccc21. The van der Waals surface area contributed by atoms with Crippen molar-refractivity contribution in [2.24, 2.45) is 0 Å². The van der Waals surface area contributed by atoms with Gasteiger partial charge < -0.3 is 14.7 Å². The largest absolute Gasteiger partial charge is 0.334 e. The molecule has 4 heterocycles. The van der Waals surface area contributed by atoms with Crippen LogP contribution in [0.25, 0.3) is 11.2 Å². The van der Waals surface area contributed by atoms with E-state index in [0.717, 1.165) is 19.3 Å². The summed E-state index contributed by atoms with van der Waals surface area (Å²) in [4.78, 5) is 8.83. The van der Waals surface area contributed by atoms with Gasteiger partial charge in [0.2, 0.25) is 6.71 Å². The number of allylic oxidation sites excluding steroid dienone is 2. The van der Waals surface area contributed by atoms with Gasteiger partial charge in [-0.05, 0) is 241 Å². The van der Waals surface area contributed by atoms with Crippen molar-refractivity contribution in [1.29, 1.82) is 0 Å². The Hall–Kier alpha value is -5.74. The van der Waals surface area contributed by atoms with Crippen molar-refractivity contribution < 1.29 is 0 Å². The highest BCUT2D eigenvalue weighted by atomic mass is 15.3. The minimum atomic E-state index is -0.350. The van der Waals surface area contributed by atoms with Crippen LogP contribution in [-0.2, 0) is 59.6 Å². The number of anilines is 6. The number of rotatable bonds is 1. The van der Waals surface area contributed by atoms with E-state index in [1.807, 2.05) is 0 Å². The van der Waals surface area contributed by atoms with Crippen molar-refractivity contribution in [3.63, 3.8) is 0 Å². The predicted octanol–water partition coefficient (Wildman–Crippen LogP) is 21.7. The summed E-state index contributed by atoms with van der Waals surface area (Å²) in [6.45, 7) is 54.1. The number of hydrogen-bond acceptors (Lipinski definition) is 3. The molecule has 4 aliphatic heterocycles. The first-order valence-corrected chi connectivity index (χ1v) is 35.3. The summed E-state index contributed by atoms with van der Waals surface area (Å²) in [7, 11) is 0. The summed E-state index contributed by atoms with van der Waals surface area (Å²) >= 11 is 0. The van der Waals surface area contributed by atoms with Gasteiger partial charge in [0.25, 0.3) is 0 Å². The summed E-state index contributed by atoms with van der Waals surface area (Å²) in [6.07, 6.45) is 14.3. The van der Waals surface area contributed by atoms with Gasteiger partial charge in [-0.2, -0.15) is 0 Å². The molecule has 0 amide bonds. The van der Waals surface area contributed by atoms with E-state index >= 15 is 0 Å². The normalized spacial score (nSPS) is 29.0. The topological polar surface area (TPSA) is 9.72 Å². The molecule has 11 aliphatic rings. The fraction of sp³-hybridized carbons (Fsp3) is 0.529. The van der Waals surface area contributed by atoms with E-state index in [0.29, 0.717) is 0 Å². The van der Waals surface area contributed by atoms with Gasteiger partial charge >= 0.3 is 0 Å². The molecule has 6 aromatic carbocycles.